The zero-order valence-electron chi connectivity index (χ0n) is 12.1. The van der Waals surface area contributed by atoms with Crippen LogP contribution in [0.25, 0.3) is 0 Å². The summed E-state index contributed by atoms with van der Waals surface area (Å²) >= 11 is 0. The Morgan fingerprint density at radius 2 is 1.94 bits per heavy atom. The number of aliphatic hydroxyl groups is 1. The molecule has 2 N–H and O–H groups in total. The molecule has 2 aliphatic rings. The van der Waals surface area contributed by atoms with E-state index in [1.54, 1.807) is 0 Å². The second-order valence-corrected chi connectivity index (χ2v) is 6.66. The van der Waals surface area contributed by atoms with Gasteiger partial charge in [-0.05, 0) is 45.1 Å². The Hall–Kier alpha value is -0.120. The molecule has 2 rings (SSSR count). The van der Waals surface area contributed by atoms with Crippen molar-refractivity contribution >= 4 is 0 Å². The van der Waals surface area contributed by atoms with Crippen molar-refractivity contribution in [2.24, 2.45) is 5.41 Å². The van der Waals surface area contributed by atoms with E-state index >= 15 is 0 Å². The lowest BCUT2D eigenvalue weighted by molar-refractivity contribution is 0.0749. The zero-order valence-corrected chi connectivity index (χ0v) is 12.1. The summed E-state index contributed by atoms with van der Waals surface area (Å²) in [5, 5.41) is 13.0. The number of nitrogens with zero attached hydrogens (tertiary/aromatic N) is 1. The molecule has 106 valence electrons. The molecule has 0 amide bonds. The minimum Gasteiger partial charge on any atom is -0.395 e. The highest BCUT2D eigenvalue weighted by molar-refractivity contribution is 4.91. The lowest BCUT2D eigenvalue weighted by atomic mass is 9.73. The van der Waals surface area contributed by atoms with Crippen LogP contribution >= 0.6 is 0 Å². The predicted octanol–water partition coefficient (Wildman–Crippen LogP) is 2.00. The summed E-state index contributed by atoms with van der Waals surface area (Å²) in [6.45, 7) is 4.70. The van der Waals surface area contributed by atoms with Crippen LogP contribution in [-0.2, 0) is 0 Å². The molecular weight excluding hydrogens is 224 g/mol. The van der Waals surface area contributed by atoms with Gasteiger partial charge in [-0.2, -0.15) is 0 Å². The third-order valence-electron chi connectivity index (χ3n) is 4.86. The van der Waals surface area contributed by atoms with E-state index < -0.39 is 0 Å². The van der Waals surface area contributed by atoms with Crippen molar-refractivity contribution in [3.63, 3.8) is 0 Å². The van der Waals surface area contributed by atoms with Crippen LogP contribution in [0.3, 0.4) is 0 Å². The number of rotatable bonds is 7. The molecule has 0 bridgehead atoms. The first-order valence-corrected chi connectivity index (χ1v) is 7.70. The predicted molar refractivity (Wildman–Crippen MR) is 75.7 cm³/mol. The fourth-order valence-electron chi connectivity index (χ4n) is 3.17. The van der Waals surface area contributed by atoms with Gasteiger partial charge in [-0.25, -0.2) is 0 Å². The average molecular weight is 254 g/mol. The van der Waals surface area contributed by atoms with Crippen LogP contribution in [0.15, 0.2) is 0 Å². The maximum absolute atomic E-state index is 9.29. The Bertz CT molecular complexity index is 247. The molecule has 3 nitrogen and oxygen atoms in total. The molecule has 1 atom stereocenters. The van der Waals surface area contributed by atoms with E-state index in [1.807, 2.05) is 0 Å². The molecule has 1 unspecified atom stereocenters. The highest BCUT2D eigenvalue weighted by atomic mass is 16.3. The fourth-order valence-corrected chi connectivity index (χ4v) is 3.17. The third-order valence-corrected chi connectivity index (χ3v) is 4.86. The van der Waals surface area contributed by atoms with E-state index in [9.17, 15) is 5.11 Å². The monoisotopic (exact) mass is 254 g/mol. The molecule has 0 heterocycles. The van der Waals surface area contributed by atoms with Crippen molar-refractivity contribution in [1.29, 1.82) is 0 Å². The Labute approximate surface area is 112 Å². The normalized spacial score (nSPS) is 25.3. The number of likely N-dealkylation sites (N-methyl/N-ethyl adjacent to an activating group) is 1. The number of hydrogen-bond acceptors (Lipinski definition) is 3. The van der Waals surface area contributed by atoms with E-state index in [0.717, 1.165) is 12.6 Å². The largest absolute Gasteiger partial charge is 0.395 e. The Balaban J connectivity index is 1.89. The molecule has 0 radical (unpaired) electrons. The molecule has 0 aromatic rings. The van der Waals surface area contributed by atoms with Gasteiger partial charge in [-0.15, -0.1) is 0 Å². The molecule has 0 spiro atoms. The summed E-state index contributed by atoms with van der Waals surface area (Å²) in [5.41, 5.74) is 0.457. The first kappa shape index (κ1) is 14.3. The maximum atomic E-state index is 9.29. The molecule has 0 aromatic carbocycles. The summed E-state index contributed by atoms with van der Waals surface area (Å²) in [4.78, 5) is 2.35. The van der Waals surface area contributed by atoms with Gasteiger partial charge in [0.2, 0.25) is 0 Å². The van der Waals surface area contributed by atoms with Gasteiger partial charge in [0.1, 0.15) is 0 Å². The molecular formula is C15H30N2O. The number of aliphatic hydroxyl groups excluding tert-OH is 1. The number of nitrogens with one attached hydrogen (secondary N) is 1. The van der Waals surface area contributed by atoms with E-state index in [4.69, 9.17) is 0 Å². The Morgan fingerprint density at radius 1 is 1.28 bits per heavy atom. The molecule has 0 aliphatic heterocycles. The van der Waals surface area contributed by atoms with E-state index in [1.165, 1.54) is 51.5 Å². The molecule has 0 saturated heterocycles. The van der Waals surface area contributed by atoms with Gasteiger partial charge in [0.15, 0.2) is 0 Å². The van der Waals surface area contributed by atoms with Crippen LogP contribution in [0.2, 0.25) is 0 Å². The summed E-state index contributed by atoms with van der Waals surface area (Å²) in [7, 11) is 2.16. The Kier molecular flexibility index (Phi) is 5.05. The first-order chi connectivity index (χ1) is 8.65. The Morgan fingerprint density at radius 3 is 2.50 bits per heavy atom. The molecule has 2 saturated carbocycles. The van der Waals surface area contributed by atoms with Crippen molar-refractivity contribution in [2.75, 3.05) is 26.7 Å². The summed E-state index contributed by atoms with van der Waals surface area (Å²) < 4.78 is 0. The van der Waals surface area contributed by atoms with Gasteiger partial charge in [-0.3, -0.25) is 0 Å². The smallest absolute Gasteiger partial charge is 0.0584 e. The number of hydrogen-bond donors (Lipinski definition) is 2. The van der Waals surface area contributed by atoms with Crippen LogP contribution in [0.4, 0.5) is 0 Å². The second kappa shape index (κ2) is 6.36. The van der Waals surface area contributed by atoms with Crippen LogP contribution in [0.1, 0.15) is 51.9 Å². The quantitative estimate of drug-likeness (QED) is 0.729. The molecule has 2 fully saturated rings. The molecule has 18 heavy (non-hydrogen) atoms. The van der Waals surface area contributed by atoms with Crippen LogP contribution in [0.5, 0.6) is 0 Å². The van der Waals surface area contributed by atoms with E-state index in [2.05, 4.69) is 24.2 Å². The van der Waals surface area contributed by atoms with Crippen molar-refractivity contribution in [1.82, 2.24) is 10.2 Å². The van der Waals surface area contributed by atoms with Crippen molar-refractivity contribution < 1.29 is 5.11 Å². The third kappa shape index (κ3) is 3.94. The first-order valence-electron chi connectivity index (χ1n) is 7.70. The van der Waals surface area contributed by atoms with Crippen molar-refractivity contribution in [2.45, 2.75) is 64.0 Å². The SMILES string of the molecule is CC(CO)N(C)CC1(CNC2CC2)CCCCC1. The second-order valence-electron chi connectivity index (χ2n) is 6.66. The van der Waals surface area contributed by atoms with E-state index in [0.29, 0.717) is 5.41 Å². The average Bonchev–Trinajstić information content (AvgIpc) is 3.20. The van der Waals surface area contributed by atoms with Gasteiger partial charge in [0, 0.05) is 25.2 Å². The minimum absolute atomic E-state index is 0.267. The highest BCUT2D eigenvalue weighted by Gasteiger charge is 2.35. The van der Waals surface area contributed by atoms with Crippen LogP contribution < -0.4 is 5.32 Å². The van der Waals surface area contributed by atoms with Crippen molar-refractivity contribution in [3.8, 4) is 0 Å². The molecule has 2 aliphatic carbocycles. The fraction of sp³-hybridized carbons (Fsp3) is 1.00. The van der Waals surface area contributed by atoms with Gasteiger partial charge in [0.25, 0.3) is 0 Å². The maximum Gasteiger partial charge on any atom is 0.0584 e. The van der Waals surface area contributed by atoms with Gasteiger partial charge >= 0.3 is 0 Å². The summed E-state index contributed by atoms with van der Waals surface area (Å²) in [6.07, 6.45) is 9.63. The van der Waals surface area contributed by atoms with Crippen LogP contribution in [0, 0.1) is 5.41 Å². The lowest BCUT2D eigenvalue weighted by Crippen LogP contribution is -2.47. The summed E-state index contributed by atoms with van der Waals surface area (Å²) in [6, 6.07) is 1.09. The highest BCUT2D eigenvalue weighted by Crippen LogP contribution is 2.37. The van der Waals surface area contributed by atoms with Gasteiger partial charge < -0.3 is 15.3 Å². The van der Waals surface area contributed by atoms with Gasteiger partial charge in [-0.1, -0.05) is 19.3 Å². The minimum atomic E-state index is 0.267. The standard InChI is InChI=1S/C15H30N2O/c1-13(10-18)17(2)12-15(8-4-3-5-9-15)11-16-14-6-7-14/h13-14,16,18H,3-12H2,1-2H3. The topological polar surface area (TPSA) is 35.5 Å². The lowest BCUT2D eigenvalue weighted by Gasteiger charge is -2.42. The van der Waals surface area contributed by atoms with Crippen molar-refractivity contribution in [3.05, 3.63) is 0 Å². The molecule has 3 heteroatoms. The zero-order chi connectivity index (χ0) is 13.0. The van der Waals surface area contributed by atoms with Gasteiger partial charge in [0.05, 0.1) is 6.61 Å². The van der Waals surface area contributed by atoms with Crippen LogP contribution in [-0.4, -0.2) is 48.8 Å². The summed E-state index contributed by atoms with van der Waals surface area (Å²) in [5.74, 6) is 0. The van der Waals surface area contributed by atoms with E-state index in [-0.39, 0.29) is 12.6 Å². The molecule has 0 aromatic heterocycles.